The van der Waals surface area contributed by atoms with Gasteiger partial charge in [0.25, 0.3) is 5.56 Å². The third kappa shape index (κ3) is 2.55. The third-order valence-corrected chi connectivity index (χ3v) is 6.64. The molecular weight excluding hydrogens is 388 g/mol. The van der Waals surface area contributed by atoms with Crippen molar-refractivity contribution in [2.75, 3.05) is 0 Å². The van der Waals surface area contributed by atoms with Crippen LogP contribution in [0.5, 0.6) is 5.75 Å². The summed E-state index contributed by atoms with van der Waals surface area (Å²) in [7, 11) is 1.85. The number of benzene rings is 1. The van der Waals surface area contributed by atoms with Gasteiger partial charge in [-0.2, -0.15) is 5.10 Å². The molecule has 1 aromatic carbocycles. The number of nitrogens with zero attached hydrogens (tertiary/aromatic N) is 4. The number of carbonyl (C=O) groups excluding carboxylic acids is 1. The molecule has 3 atom stereocenters. The lowest BCUT2D eigenvalue weighted by Gasteiger charge is -2.45. The van der Waals surface area contributed by atoms with E-state index in [9.17, 15) is 9.59 Å². The fourth-order valence-electron chi connectivity index (χ4n) is 4.46. The molecule has 5 rings (SSSR count). The van der Waals surface area contributed by atoms with Crippen LogP contribution in [0.3, 0.4) is 0 Å². The van der Waals surface area contributed by atoms with Crippen LogP contribution < -0.4 is 19.6 Å². The fraction of sp³-hybridized carbons (Fsp3) is 0.333. The molecule has 0 aliphatic carbocycles. The van der Waals surface area contributed by atoms with Crippen molar-refractivity contribution in [3.63, 3.8) is 0 Å². The van der Waals surface area contributed by atoms with Crippen LogP contribution in [-0.2, 0) is 11.8 Å². The van der Waals surface area contributed by atoms with Crippen LogP contribution in [0.1, 0.15) is 36.7 Å². The smallest absolute Gasteiger partial charge is 0.270 e. The maximum atomic E-state index is 13.4. The van der Waals surface area contributed by atoms with Crippen LogP contribution in [0.2, 0.25) is 0 Å². The van der Waals surface area contributed by atoms with E-state index in [-0.39, 0.29) is 11.3 Å². The van der Waals surface area contributed by atoms with E-state index in [4.69, 9.17) is 9.73 Å². The van der Waals surface area contributed by atoms with Crippen molar-refractivity contribution in [3.8, 4) is 5.75 Å². The van der Waals surface area contributed by atoms with Gasteiger partial charge in [-0.15, -0.1) is 0 Å². The zero-order chi connectivity index (χ0) is 20.5. The van der Waals surface area contributed by atoms with Gasteiger partial charge in [-0.3, -0.25) is 18.8 Å². The zero-order valence-electron chi connectivity index (χ0n) is 16.5. The monoisotopic (exact) mass is 408 g/mol. The molecule has 0 amide bonds. The second-order valence-electron chi connectivity index (χ2n) is 7.75. The lowest BCUT2D eigenvalue weighted by atomic mass is 9.79. The highest BCUT2D eigenvalue weighted by Crippen LogP contribution is 2.47. The molecule has 0 saturated heterocycles. The van der Waals surface area contributed by atoms with E-state index >= 15 is 0 Å². The number of fused-ring (bicyclic) bond motifs is 6. The molecule has 0 radical (unpaired) electrons. The van der Waals surface area contributed by atoms with E-state index in [0.717, 1.165) is 16.8 Å². The summed E-state index contributed by atoms with van der Waals surface area (Å²) >= 11 is 1.32. The maximum Gasteiger partial charge on any atom is 0.270 e. The van der Waals surface area contributed by atoms with E-state index in [1.807, 2.05) is 57.4 Å². The van der Waals surface area contributed by atoms with Gasteiger partial charge >= 0.3 is 0 Å². The number of hydrogen-bond donors (Lipinski definition) is 0. The maximum absolute atomic E-state index is 13.4. The Bertz CT molecular complexity index is 1350. The normalized spacial score (nSPS) is 25.0. The quantitative estimate of drug-likeness (QED) is 0.641. The van der Waals surface area contributed by atoms with Crippen LogP contribution in [0.4, 0.5) is 0 Å². The lowest BCUT2D eigenvalue weighted by molar-refractivity contribution is -0.132. The second kappa shape index (κ2) is 6.00. The van der Waals surface area contributed by atoms with Gasteiger partial charge in [0.05, 0.1) is 16.3 Å². The molecule has 2 aliphatic rings. The van der Waals surface area contributed by atoms with E-state index in [2.05, 4.69) is 5.10 Å². The molecule has 8 heteroatoms. The summed E-state index contributed by atoms with van der Waals surface area (Å²) in [5.74, 6) is 0.0527. The molecule has 2 aliphatic heterocycles. The van der Waals surface area contributed by atoms with Gasteiger partial charge in [0.15, 0.2) is 4.80 Å². The van der Waals surface area contributed by atoms with E-state index < -0.39 is 17.7 Å². The van der Waals surface area contributed by atoms with Crippen LogP contribution in [-0.4, -0.2) is 25.9 Å². The first-order valence-electron chi connectivity index (χ1n) is 9.40. The van der Waals surface area contributed by atoms with Crippen LogP contribution >= 0.6 is 11.3 Å². The molecule has 0 fully saturated rings. The Morgan fingerprint density at radius 2 is 2.10 bits per heavy atom. The molecule has 3 aromatic rings. The third-order valence-electron chi connectivity index (χ3n) is 5.66. The molecule has 0 spiro atoms. The van der Waals surface area contributed by atoms with Crippen molar-refractivity contribution >= 4 is 23.2 Å². The van der Waals surface area contributed by atoms with Crippen molar-refractivity contribution in [2.45, 2.75) is 32.5 Å². The van der Waals surface area contributed by atoms with Gasteiger partial charge < -0.3 is 4.74 Å². The van der Waals surface area contributed by atoms with E-state index in [1.165, 1.54) is 18.3 Å². The van der Waals surface area contributed by atoms with Crippen molar-refractivity contribution in [1.29, 1.82) is 0 Å². The summed E-state index contributed by atoms with van der Waals surface area (Å²) in [4.78, 5) is 31.4. The number of thiazole rings is 1. The average Bonchev–Trinajstić information content (AvgIpc) is 3.11. The van der Waals surface area contributed by atoms with Gasteiger partial charge in [0, 0.05) is 24.4 Å². The zero-order valence-corrected chi connectivity index (χ0v) is 17.4. The number of carbonyl (C=O) groups is 1. The standard InChI is InChI=1S/C21H20N4O3S/c1-11-13(10-24(4)23-11)9-16-19(27)25-18-14-7-5-6-8-15(14)28-21(3,17(18)12(2)26)22-20(25)29-16/h5-10,17-18H,1-4H3/t17-,18+,21+/m0/s1. The highest BCUT2D eigenvalue weighted by molar-refractivity contribution is 7.07. The number of Topliss-reactive ketones (excluding diaryl/α,β-unsaturated/α-hetero) is 1. The largest absolute Gasteiger partial charge is 0.465 e. The highest BCUT2D eigenvalue weighted by atomic mass is 32.1. The molecule has 29 heavy (non-hydrogen) atoms. The Balaban J connectivity index is 1.82. The molecule has 0 unspecified atom stereocenters. The minimum Gasteiger partial charge on any atom is -0.465 e. The van der Waals surface area contributed by atoms with Gasteiger partial charge in [-0.1, -0.05) is 29.5 Å². The topological polar surface area (TPSA) is 78.5 Å². The SMILES string of the molecule is CC(=O)[C@H]1[C@H]2c3ccccc3O[C@@]1(C)N=c1sc(=Cc3cn(C)nc3C)c(=O)n12. The second-order valence-corrected chi connectivity index (χ2v) is 8.76. The minimum absolute atomic E-state index is 0.0480. The summed E-state index contributed by atoms with van der Waals surface area (Å²) < 4.78 is 10.1. The predicted molar refractivity (Wildman–Crippen MR) is 109 cm³/mol. The number of aryl methyl sites for hydroxylation is 2. The Morgan fingerprint density at radius 3 is 2.79 bits per heavy atom. The molecule has 0 saturated carbocycles. The molecule has 4 heterocycles. The van der Waals surface area contributed by atoms with Crippen LogP contribution in [0, 0.1) is 12.8 Å². The van der Waals surface area contributed by atoms with Gasteiger partial charge in [0.2, 0.25) is 5.72 Å². The summed E-state index contributed by atoms with van der Waals surface area (Å²) in [6, 6.07) is 7.13. The number of rotatable bonds is 2. The first kappa shape index (κ1) is 18.1. The average molecular weight is 408 g/mol. The number of ketones is 1. The van der Waals surface area contributed by atoms with Crippen molar-refractivity contribution in [3.05, 3.63) is 67.0 Å². The Kier molecular flexibility index (Phi) is 3.73. The molecule has 2 aromatic heterocycles. The lowest BCUT2D eigenvalue weighted by Crippen LogP contribution is -2.58. The predicted octanol–water partition coefficient (Wildman–Crippen LogP) is 1.32. The number of aromatic nitrogens is 3. The van der Waals surface area contributed by atoms with Crippen molar-refractivity contribution in [2.24, 2.45) is 18.0 Å². The van der Waals surface area contributed by atoms with E-state index in [0.29, 0.717) is 15.1 Å². The number of para-hydroxylation sites is 1. The highest BCUT2D eigenvalue weighted by Gasteiger charge is 2.53. The Labute approximate surface area is 170 Å². The van der Waals surface area contributed by atoms with Gasteiger partial charge in [-0.05, 0) is 32.9 Å². The van der Waals surface area contributed by atoms with Crippen molar-refractivity contribution < 1.29 is 9.53 Å². The summed E-state index contributed by atoms with van der Waals surface area (Å²) in [5.41, 5.74) is 1.39. The van der Waals surface area contributed by atoms with Gasteiger partial charge in [-0.25, -0.2) is 4.99 Å². The number of hydrogen-bond acceptors (Lipinski definition) is 6. The molecule has 0 N–H and O–H groups in total. The molecule has 148 valence electrons. The van der Waals surface area contributed by atoms with Gasteiger partial charge in [0.1, 0.15) is 17.5 Å². The number of ether oxygens (including phenoxy) is 1. The molecular formula is C21H20N4O3S. The summed E-state index contributed by atoms with van der Waals surface area (Å²) in [6.45, 7) is 5.27. The first-order valence-corrected chi connectivity index (χ1v) is 10.2. The Hall–Kier alpha value is -3.00. The Morgan fingerprint density at radius 1 is 1.34 bits per heavy atom. The van der Waals surface area contributed by atoms with Crippen molar-refractivity contribution in [1.82, 2.24) is 14.3 Å². The fourth-order valence-corrected chi connectivity index (χ4v) is 5.55. The summed E-state index contributed by atoms with van der Waals surface area (Å²) in [6.07, 6.45) is 3.73. The van der Waals surface area contributed by atoms with E-state index in [1.54, 1.807) is 9.25 Å². The minimum atomic E-state index is -1.04. The summed E-state index contributed by atoms with van der Waals surface area (Å²) in [5, 5.41) is 4.34. The molecule has 7 nitrogen and oxygen atoms in total. The van der Waals surface area contributed by atoms with Crippen LogP contribution in [0.25, 0.3) is 6.08 Å². The van der Waals surface area contributed by atoms with Crippen LogP contribution in [0.15, 0.2) is 40.2 Å². The first-order chi connectivity index (χ1) is 13.8. The molecule has 2 bridgehead atoms.